The van der Waals surface area contributed by atoms with Crippen molar-refractivity contribution in [3.63, 3.8) is 0 Å². The molecule has 0 spiro atoms. The second kappa shape index (κ2) is 4.63. The van der Waals surface area contributed by atoms with Crippen LogP contribution in [0.1, 0.15) is 70.3 Å². The minimum atomic E-state index is -0.0579. The smallest absolute Gasteiger partial charge is 0.251 e. The zero-order valence-electron chi connectivity index (χ0n) is 11.0. The lowest BCUT2D eigenvalue weighted by molar-refractivity contribution is 0.423. The fourth-order valence-corrected chi connectivity index (χ4v) is 2.43. The van der Waals surface area contributed by atoms with E-state index in [-0.39, 0.29) is 11.0 Å². The minimum Gasteiger partial charge on any atom is -0.310 e. The molecule has 17 heavy (non-hydrogen) atoms. The minimum absolute atomic E-state index is 0.00880. The van der Waals surface area contributed by atoms with Crippen LogP contribution in [-0.4, -0.2) is 9.97 Å². The summed E-state index contributed by atoms with van der Waals surface area (Å²) >= 11 is 0. The molecular weight excluding hydrogens is 212 g/mol. The summed E-state index contributed by atoms with van der Waals surface area (Å²) in [6, 6.07) is 1.63. The number of rotatable bonds is 1. The molecule has 1 saturated carbocycles. The number of aromatic nitrogens is 2. The summed E-state index contributed by atoms with van der Waals surface area (Å²) in [5, 5.41) is 0. The van der Waals surface area contributed by atoms with Gasteiger partial charge in [-0.15, -0.1) is 0 Å². The molecule has 3 nitrogen and oxygen atoms in total. The molecule has 0 radical (unpaired) electrons. The van der Waals surface area contributed by atoms with Gasteiger partial charge in [0.25, 0.3) is 5.56 Å². The van der Waals surface area contributed by atoms with Gasteiger partial charge in [-0.1, -0.05) is 40.0 Å². The van der Waals surface area contributed by atoms with Crippen molar-refractivity contribution in [1.82, 2.24) is 9.97 Å². The van der Waals surface area contributed by atoms with Crippen molar-refractivity contribution in [2.24, 2.45) is 0 Å². The molecule has 0 bridgehead atoms. The Kier molecular flexibility index (Phi) is 3.36. The second-order valence-corrected chi connectivity index (χ2v) is 6.10. The first-order chi connectivity index (χ1) is 7.97. The molecule has 2 rings (SSSR count). The molecule has 1 fully saturated rings. The largest absolute Gasteiger partial charge is 0.310 e. The predicted octanol–water partition coefficient (Wildman–Crippen LogP) is 3.12. The molecule has 0 unspecified atom stereocenters. The third kappa shape index (κ3) is 2.96. The first-order valence-electron chi connectivity index (χ1n) is 6.58. The van der Waals surface area contributed by atoms with Gasteiger partial charge in [-0.2, -0.15) is 0 Å². The predicted molar refractivity (Wildman–Crippen MR) is 69.4 cm³/mol. The monoisotopic (exact) mass is 234 g/mol. The van der Waals surface area contributed by atoms with Gasteiger partial charge in [0.05, 0.1) is 5.69 Å². The number of nitrogens with one attached hydrogen (secondary N) is 1. The van der Waals surface area contributed by atoms with E-state index in [1.165, 1.54) is 19.3 Å². The van der Waals surface area contributed by atoms with Crippen LogP contribution in [0.4, 0.5) is 0 Å². The van der Waals surface area contributed by atoms with E-state index in [1.54, 1.807) is 6.07 Å². The van der Waals surface area contributed by atoms with Gasteiger partial charge in [-0.3, -0.25) is 4.79 Å². The lowest BCUT2D eigenvalue weighted by Gasteiger charge is -2.23. The van der Waals surface area contributed by atoms with E-state index in [9.17, 15) is 4.79 Å². The number of aromatic amines is 1. The summed E-state index contributed by atoms with van der Waals surface area (Å²) < 4.78 is 0. The maximum absolute atomic E-state index is 11.7. The molecule has 1 aromatic rings. The van der Waals surface area contributed by atoms with Crippen LogP contribution in [0, 0.1) is 0 Å². The van der Waals surface area contributed by atoms with E-state index >= 15 is 0 Å². The second-order valence-electron chi connectivity index (χ2n) is 6.10. The van der Waals surface area contributed by atoms with Crippen LogP contribution >= 0.6 is 0 Å². The number of hydrogen-bond acceptors (Lipinski definition) is 2. The summed E-state index contributed by atoms with van der Waals surface area (Å²) in [7, 11) is 0. The Hall–Kier alpha value is -1.12. The van der Waals surface area contributed by atoms with Crippen LogP contribution in [0.15, 0.2) is 10.9 Å². The van der Waals surface area contributed by atoms with Crippen LogP contribution in [-0.2, 0) is 5.41 Å². The van der Waals surface area contributed by atoms with E-state index in [1.807, 2.05) is 0 Å². The number of nitrogens with zero attached hydrogens (tertiary/aromatic N) is 1. The Bertz CT molecular complexity index is 436. The Labute approximate surface area is 103 Å². The van der Waals surface area contributed by atoms with Gasteiger partial charge in [-0.05, 0) is 12.8 Å². The molecule has 0 aliphatic heterocycles. The van der Waals surface area contributed by atoms with E-state index in [4.69, 9.17) is 0 Å². The lowest BCUT2D eigenvalue weighted by Crippen LogP contribution is -2.23. The summed E-state index contributed by atoms with van der Waals surface area (Å²) in [5.74, 6) is 1.36. The third-order valence-electron chi connectivity index (χ3n) is 3.52. The molecule has 1 aromatic heterocycles. The molecule has 94 valence electrons. The van der Waals surface area contributed by atoms with Crippen molar-refractivity contribution in [3.05, 3.63) is 27.9 Å². The van der Waals surface area contributed by atoms with E-state index < -0.39 is 0 Å². The Morgan fingerprint density at radius 3 is 2.47 bits per heavy atom. The average Bonchev–Trinajstić information content (AvgIpc) is 2.28. The molecule has 1 N–H and O–H groups in total. The Morgan fingerprint density at radius 1 is 1.24 bits per heavy atom. The van der Waals surface area contributed by atoms with Gasteiger partial charge in [0.2, 0.25) is 0 Å². The Morgan fingerprint density at radius 2 is 1.88 bits per heavy atom. The van der Waals surface area contributed by atoms with Gasteiger partial charge < -0.3 is 4.98 Å². The summed E-state index contributed by atoms with van der Waals surface area (Å²) in [6.07, 6.45) is 6.16. The van der Waals surface area contributed by atoms with Crippen LogP contribution in [0.5, 0.6) is 0 Å². The van der Waals surface area contributed by atoms with Gasteiger partial charge in [0.15, 0.2) is 0 Å². The number of H-pyrrole nitrogens is 1. The zero-order chi connectivity index (χ0) is 12.5. The van der Waals surface area contributed by atoms with Crippen molar-refractivity contribution in [2.75, 3.05) is 0 Å². The molecule has 0 amide bonds. The van der Waals surface area contributed by atoms with Crippen molar-refractivity contribution in [3.8, 4) is 0 Å². The van der Waals surface area contributed by atoms with Crippen LogP contribution < -0.4 is 5.56 Å². The molecule has 1 aliphatic carbocycles. The quantitative estimate of drug-likeness (QED) is 0.811. The first-order valence-corrected chi connectivity index (χ1v) is 6.58. The van der Waals surface area contributed by atoms with Gasteiger partial charge in [0, 0.05) is 17.4 Å². The summed E-state index contributed by atoms with van der Waals surface area (Å²) in [6.45, 7) is 6.29. The SMILES string of the molecule is CC(C)(C)c1cc(=O)[nH]c(C2CCCCC2)n1. The highest BCUT2D eigenvalue weighted by atomic mass is 16.1. The van der Waals surface area contributed by atoms with Crippen LogP contribution in [0.2, 0.25) is 0 Å². The van der Waals surface area contributed by atoms with Gasteiger partial charge in [-0.25, -0.2) is 4.98 Å². The Balaban J connectivity index is 2.34. The fourth-order valence-electron chi connectivity index (χ4n) is 2.43. The van der Waals surface area contributed by atoms with Gasteiger partial charge in [0.1, 0.15) is 5.82 Å². The van der Waals surface area contributed by atoms with E-state index in [2.05, 4.69) is 30.7 Å². The molecular formula is C14H22N2O. The van der Waals surface area contributed by atoms with E-state index in [0.29, 0.717) is 5.92 Å². The summed E-state index contributed by atoms with van der Waals surface area (Å²) in [5.41, 5.74) is 0.838. The molecule has 0 atom stereocenters. The molecule has 3 heteroatoms. The summed E-state index contributed by atoms with van der Waals surface area (Å²) in [4.78, 5) is 19.3. The number of hydrogen-bond donors (Lipinski definition) is 1. The standard InChI is InChI=1S/C14H22N2O/c1-14(2,3)11-9-12(17)16-13(15-11)10-7-5-4-6-8-10/h9-10H,4-8H2,1-3H3,(H,15,16,17). The van der Waals surface area contributed by atoms with Crippen molar-refractivity contribution < 1.29 is 0 Å². The zero-order valence-corrected chi connectivity index (χ0v) is 11.0. The molecule has 1 aliphatic rings. The lowest BCUT2D eigenvalue weighted by atomic mass is 9.87. The topological polar surface area (TPSA) is 45.8 Å². The molecule has 0 aromatic carbocycles. The average molecular weight is 234 g/mol. The van der Waals surface area contributed by atoms with Crippen molar-refractivity contribution >= 4 is 0 Å². The van der Waals surface area contributed by atoms with E-state index in [0.717, 1.165) is 24.4 Å². The van der Waals surface area contributed by atoms with Gasteiger partial charge >= 0.3 is 0 Å². The maximum atomic E-state index is 11.7. The molecule has 0 saturated heterocycles. The van der Waals surface area contributed by atoms with Crippen molar-refractivity contribution in [2.45, 2.75) is 64.2 Å². The normalized spacial score (nSPS) is 18.3. The van der Waals surface area contributed by atoms with Crippen LogP contribution in [0.3, 0.4) is 0 Å². The first kappa shape index (κ1) is 12.3. The highest BCUT2D eigenvalue weighted by Crippen LogP contribution is 2.31. The highest BCUT2D eigenvalue weighted by Gasteiger charge is 2.21. The van der Waals surface area contributed by atoms with Crippen molar-refractivity contribution in [1.29, 1.82) is 0 Å². The third-order valence-corrected chi connectivity index (χ3v) is 3.52. The highest BCUT2D eigenvalue weighted by molar-refractivity contribution is 5.14. The fraction of sp³-hybridized carbons (Fsp3) is 0.714. The molecule has 1 heterocycles. The maximum Gasteiger partial charge on any atom is 0.251 e. The van der Waals surface area contributed by atoms with Crippen LogP contribution in [0.25, 0.3) is 0 Å².